The smallest absolute Gasteiger partial charge is 0.305 e. The van der Waals surface area contributed by atoms with Crippen LogP contribution in [0.25, 0.3) is 0 Å². The van der Waals surface area contributed by atoms with Gasteiger partial charge in [0.05, 0.1) is 25.4 Å². The molecule has 0 radical (unpaired) electrons. The number of aliphatic hydroxyl groups excluding tert-OH is 2. The summed E-state index contributed by atoms with van der Waals surface area (Å²) < 4.78 is 5.51. The summed E-state index contributed by atoms with van der Waals surface area (Å²) in [5.41, 5.74) is 0. The van der Waals surface area contributed by atoms with Gasteiger partial charge in [-0.2, -0.15) is 0 Å². The molecule has 0 aromatic rings. The number of unbranched alkanes of at least 4 members (excludes halogenated alkanes) is 58. The number of rotatable bonds is 69. The number of hydrogen-bond donors (Lipinski definition) is 3. The van der Waals surface area contributed by atoms with Crippen LogP contribution in [0.2, 0.25) is 0 Å². The van der Waals surface area contributed by atoms with Crippen molar-refractivity contribution >= 4 is 11.9 Å². The molecule has 1 amide bonds. The quantitative estimate of drug-likeness (QED) is 0.0417. The maximum absolute atomic E-state index is 12.5. The van der Waals surface area contributed by atoms with Crippen molar-refractivity contribution in [1.82, 2.24) is 5.32 Å². The summed E-state index contributed by atoms with van der Waals surface area (Å²) in [6, 6.07) is -0.539. The van der Waals surface area contributed by atoms with E-state index in [9.17, 15) is 19.8 Å². The van der Waals surface area contributed by atoms with Gasteiger partial charge in [-0.1, -0.05) is 386 Å². The van der Waals surface area contributed by atoms with Crippen LogP contribution >= 0.6 is 0 Å². The molecule has 0 saturated heterocycles. The van der Waals surface area contributed by atoms with Gasteiger partial charge >= 0.3 is 5.97 Å². The molecular weight excluding hydrogens is 959 g/mol. The Hall–Kier alpha value is -1.14. The fraction of sp³-hybridized carbons (Fsp3) is 0.972. The summed E-state index contributed by atoms with van der Waals surface area (Å²) in [5.74, 6) is -0.00493. The molecular formula is C72H143NO5. The lowest BCUT2D eigenvalue weighted by Crippen LogP contribution is -2.45. The van der Waals surface area contributed by atoms with Gasteiger partial charge in [0.2, 0.25) is 5.91 Å². The number of esters is 1. The first kappa shape index (κ1) is 76.9. The number of amides is 1. The molecule has 0 rings (SSSR count). The first-order valence-electron chi connectivity index (χ1n) is 36.3. The van der Waals surface area contributed by atoms with Gasteiger partial charge < -0.3 is 20.3 Å². The lowest BCUT2D eigenvalue weighted by atomic mass is 10.0. The molecule has 466 valence electrons. The van der Waals surface area contributed by atoms with E-state index in [1.165, 1.54) is 353 Å². The van der Waals surface area contributed by atoms with Gasteiger partial charge in [0.15, 0.2) is 0 Å². The minimum Gasteiger partial charge on any atom is -0.466 e. The van der Waals surface area contributed by atoms with Crippen LogP contribution in [0.15, 0.2) is 0 Å². The first-order chi connectivity index (χ1) is 38.5. The van der Waals surface area contributed by atoms with Crippen LogP contribution in [0, 0.1) is 0 Å². The molecule has 0 spiro atoms. The van der Waals surface area contributed by atoms with E-state index >= 15 is 0 Å². The van der Waals surface area contributed by atoms with E-state index in [1.807, 2.05) is 0 Å². The normalized spacial score (nSPS) is 12.4. The molecule has 6 nitrogen and oxygen atoms in total. The van der Waals surface area contributed by atoms with Gasteiger partial charge in [-0.15, -0.1) is 0 Å². The molecule has 0 aliphatic carbocycles. The topological polar surface area (TPSA) is 95.9 Å². The molecule has 0 aliphatic heterocycles. The molecule has 0 aromatic carbocycles. The highest BCUT2D eigenvalue weighted by atomic mass is 16.5. The number of hydrogen-bond acceptors (Lipinski definition) is 5. The zero-order valence-corrected chi connectivity index (χ0v) is 53.4. The SMILES string of the molecule is CCCCCCCCCCCCCCCCCCCCC(=O)OCCCCCCCCCCCCCCCCCCCCCCCCCCCCC(=O)NC(CO)C(O)CCCCCCCCCCCCCCCCCCC. The third-order valence-corrected chi connectivity index (χ3v) is 17.4. The Kier molecular flexibility index (Phi) is 67.4. The summed E-state index contributed by atoms with van der Waals surface area (Å²) in [6.45, 7) is 5.01. The molecule has 0 aromatic heterocycles. The van der Waals surface area contributed by atoms with Crippen LogP contribution in [0.3, 0.4) is 0 Å². The third-order valence-electron chi connectivity index (χ3n) is 17.4. The Labute approximate surface area is 489 Å². The summed E-state index contributed by atoms with van der Waals surface area (Å²) in [7, 11) is 0. The molecule has 0 heterocycles. The highest BCUT2D eigenvalue weighted by molar-refractivity contribution is 5.76. The van der Waals surface area contributed by atoms with Gasteiger partial charge in [-0.25, -0.2) is 0 Å². The zero-order chi connectivity index (χ0) is 56.4. The van der Waals surface area contributed by atoms with Gasteiger partial charge in [-0.05, 0) is 25.7 Å². The van der Waals surface area contributed by atoms with Gasteiger partial charge in [0.25, 0.3) is 0 Å². The zero-order valence-electron chi connectivity index (χ0n) is 53.4. The molecule has 2 unspecified atom stereocenters. The Morgan fingerprint density at radius 2 is 0.526 bits per heavy atom. The second kappa shape index (κ2) is 68.4. The number of ether oxygens (including phenoxy) is 1. The summed E-state index contributed by atoms with van der Waals surface area (Å²) in [4.78, 5) is 24.6. The number of carbonyl (C=O) groups is 2. The maximum atomic E-state index is 12.5. The summed E-state index contributed by atoms with van der Waals surface area (Å²) in [6.07, 6.45) is 83.0. The van der Waals surface area contributed by atoms with Crippen LogP contribution in [-0.2, 0) is 14.3 Å². The van der Waals surface area contributed by atoms with Crippen LogP contribution in [0.5, 0.6) is 0 Å². The Morgan fingerprint density at radius 1 is 0.308 bits per heavy atom. The third kappa shape index (κ3) is 64.0. The molecule has 0 aliphatic rings. The van der Waals surface area contributed by atoms with E-state index in [0.29, 0.717) is 25.9 Å². The maximum Gasteiger partial charge on any atom is 0.305 e. The van der Waals surface area contributed by atoms with Crippen LogP contribution in [0.1, 0.15) is 425 Å². The van der Waals surface area contributed by atoms with Gasteiger partial charge in [0.1, 0.15) is 0 Å². The van der Waals surface area contributed by atoms with E-state index in [1.54, 1.807) is 0 Å². The summed E-state index contributed by atoms with van der Waals surface area (Å²) in [5, 5.41) is 23.4. The highest BCUT2D eigenvalue weighted by Crippen LogP contribution is 2.20. The van der Waals surface area contributed by atoms with E-state index in [2.05, 4.69) is 19.2 Å². The second-order valence-corrected chi connectivity index (χ2v) is 25.3. The largest absolute Gasteiger partial charge is 0.466 e. The molecule has 6 heteroatoms. The van der Waals surface area contributed by atoms with E-state index < -0.39 is 12.1 Å². The fourth-order valence-electron chi connectivity index (χ4n) is 11.9. The Bertz CT molecular complexity index is 1130. The Morgan fingerprint density at radius 3 is 0.782 bits per heavy atom. The van der Waals surface area contributed by atoms with Gasteiger partial charge in [-0.3, -0.25) is 9.59 Å². The van der Waals surface area contributed by atoms with Crippen molar-refractivity contribution in [3.63, 3.8) is 0 Å². The number of nitrogens with one attached hydrogen (secondary N) is 1. The van der Waals surface area contributed by atoms with Gasteiger partial charge in [0, 0.05) is 12.8 Å². The van der Waals surface area contributed by atoms with Crippen LogP contribution in [0.4, 0.5) is 0 Å². The molecule has 2 atom stereocenters. The van der Waals surface area contributed by atoms with Crippen molar-refractivity contribution in [2.75, 3.05) is 13.2 Å². The van der Waals surface area contributed by atoms with Crippen molar-refractivity contribution in [2.24, 2.45) is 0 Å². The van der Waals surface area contributed by atoms with Crippen molar-refractivity contribution in [3.05, 3.63) is 0 Å². The standard InChI is InChI=1S/C72H143NO5/c1-3-5-7-9-11-13-15-17-19-21-34-38-42-46-50-54-58-62-66-72(77)78-67-63-59-55-51-47-43-39-35-31-29-27-25-23-22-24-26-28-30-33-37-41-45-49-53-57-61-65-71(76)73-69(68-74)70(75)64-60-56-52-48-44-40-36-32-20-18-16-14-12-10-8-6-4-2/h69-70,74-75H,3-68H2,1-2H3,(H,73,76). The monoisotopic (exact) mass is 1100 g/mol. The van der Waals surface area contributed by atoms with E-state index in [-0.39, 0.29) is 18.5 Å². The molecule has 78 heavy (non-hydrogen) atoms. The average molecular weight is 1100 g/mol. The average Bonchev–Trinajstić information content (AvgIpc) is 3.44. The predicted octanol–water partition coefficient (Wildman–Crippen LogP) is 23.4. The van der Waals surface area contributed by atoms with Crippen LogP contribution < -0.4 is 5.32 Å². The van der Waals surface area contributed by atoms with E-state index in [0.717, 1.165) is 38.5 Å². The fourth-order valence-corrected chi connectivity index (χ4v) is 11.9. The summed E-state index contributed by atoms with van der Waals surface area (Å²) >= 11 is 0. The first-order valence-corrected chi connectivity index (χ1v) is 36.3. The predicted molar refractivity (Wildman–Crippen MR) is 343 cm³/mol. The minimum absolute atomic E-state index is 0.0231. The lowest BCUT2D eigenvalue weighted by molar-refractivity contribution is -0.143. The molecule has 3 N–H and O–H groups in total. The molecule has 0 saturated carbocycles. The lowest BCUT2D eigenvalue weighted by Gasteiger charge is -2.22. The minimum atomic E-state index is -0.662. The molecule has 0 fully saturated rings. The van der Waals surface area contributed by atoms with Crippen molar-refractivity contribution < 1.29 is 24.5 Å². The van der Waals surface area contributed by atoms with Crippen molar-refractivity contribution in [3.8, 4) is 0 Å². The highest BCUT2D eigenvalue weighted by Gasteiger charge is 2.20. The van der Waals surface area contributed by atoms with Crippen LogP contribution in [-0.4, -0.2) is 47.4 Å². The van der Waals surface area contributed by atoms with Crippen molar-refractivity contribution in [1.29, 1.82) is 0 Å². The Balaban J connectivity index is 3.32. The van der Waals surface area contributed by atoms with E-state index in [4.69, 9.17) is 4.74 Å². The number of aliphatic hydroxyl groups is 2. The second-order valence-electron chi connectivity index (χ2n) is 25.3. The number of carbonyl (C=O) groups excluding carboxylic acids is 2. The van der Waals surface area contributed by atoms with Crippen molar-refractivity contribution in [2.45, 2.75) is 437 Å². The molecule has 0 bridgehead atoms.